The van der Waals surface area contributed by atoms with Crippen LogP contribution < -0.4 is 10.1 Å². The van der Waals surface area contributed by atoms with E-state index in [2.05, 4.69) is 56.4 Å². The fourth-order valence-electron chi connectivity index (χ4n) is 2.39. The van der Waals surface area contributed by atoms with E-state index in [1.807, 2.05) is 19.1 Å². The SMILES string of the molecule is CCOc1ccc(C(C)NCc2cc(C)ccc2C)cc1. The van der Waals surface area contributed by atoms with Crippen LogP contribution in [0.2, 0.25) is 0 Å². The van der Waals surface area contributed by atoms with Gasteiger partial charge in [-0.15, -0.1) is 0 Å². The minimum atomic E-state index is 0.320. The minimum Gasteiger partial charge on any atom is -0.494 e. The molecule has 0 aliphatic heterocycles. The van der Waals surface area contributed by atoms with Gasteiger partial charge < -0.3 is 10.1 Å². The molecule has 112 valence electrons. The van der Waals surface area contributed by atoms with Crippen molar-refractivity contribution in [2.24, 2.45) is 0 Å². The van der Waals surface area contributed by atoms with Crippen molar-refractivity contribution in [1.82, 2.24) is 5.32 Å². The van der Waals surface area contributed by atoms with Gasteiger partial charge in [-0.05, 0) is 56.5 Å². The van der Waals surface area contributed by atoms with E-state index in [0.29, 0.717) is 12.6 Å². The van der Waals surface area contributed by atoms with Crippen LogP contribution >= 0.6 is 0 Å². The molecule has 0 aliphatic rings. The van der Waals surface area contributed by atoms with Crippen molar-refractivity contribution in [3.8, 4) is 5.75 Å². The maximum atomic E-state index is 5.48. The minimum absolute atomic E-state index is 0.320. The molecule has 0 radical (unpaired) electrons. The second-order valence-electron chi connectivity index (χ2n) is 5.53. The number of rotatable bonds is 6. The second kappa shape index (κ2) is 7.28. The smallest absolute Gasteiger partial charge is 0.119 e. The van der Waals surface area contributed by atoms with E-state index in [1.165, 1.54) is 22.3 Å². The van der Waals surface area contributed by atoms with Gasteiger partial charge in [0.05, 0.1) is 6.61 Å². The van der Waals surface area contributed by atoms with Gasteiger partial charge in [0.25, 0.3) is 0 Å². The van der Waals surface area contributed by atoms with Crippen LogP contribution in [-0.2, 0) is 6.54 Å². The predicted molar refractivity (Wildman–Crippen MR) is 88.8 cm³/mol. The Morgan fingerprint density at radius 1 is 1.05 bits per heavy atom. The van der Waals surface area contributed by atoms with E-state index >= 15 is 0 Å². The van der Waals surface area contributed by atoms with Crippen LogP contribution in [0.5, 0.6) is 5.75 Å². The van der Waals surface area contributed by atoms with Gasteiger partial charge in [-0.3, -0.25) is 0 Å². The summed E-state index contributed by atoms with van der Waals surface area (Å²) in [5, 5.41) is 3.59. The second-order valence-corrected chi connectivity index (χ2v) is 5.53. The lowest BCUT2D eigenvalue weighted by Crippen LogP contribution is -2.18. The lowest BCUT2D eigenvalue weighted by atomic mass is 10.0. The molecule has 0 heterocycles. The molecule has 0 saturated heterocycles. The average molecular weight is 283 g/mol. The Hall–Kier alpha value is -1.80. The molecule has 0 aromatic heterocycles. The third kappa shape index (κ3) is 4.33. The predicted octanol–water partition coefficient (Wildman–Crippen LogP) is 4.55. The van der Waals surface area contributed by atoms with E-state index in [9.17, 15) is 0 Å². The molecule has 1 atom stereocenters. The van der Waals surface area contributed by atoms with Gasteiger partial charge in [-0.1, -0.05) is 35.9 Å². The molecule has 0 aliphatic carbocycles. The summed E-state index contributed by atoms with van der Waals surface area (Å²) in [5.74, 6) is 0.933. The number of benzene rings is 2. The number of hydrogen-bond donors (Lipinski definition) is 1. The van der Waals surface area contributed by atoms with Gasteiger partial charge in [0.15, 0.2) is 0 Å². The Morgan fingerprint density at radius 2 is 1.76 bits per heavy atom. The first kappa shape index (κ1) is 15.6. The zero-order valence-corrected chi connectivity index (χ0v) is 13.4. The fraction of sp³-hybridized carbons (Fsp3) is 0.368. The van der Waals surface area contributed by atoms with Gasteiger partial charge in [0.2, 0.25) is 0 Å². The Labute approximate surface area is 128 Å². The highest BCUT2D eigenvalue weighted by molar-refractivity contribution is 5.31. The molecule has 0 fully saturated rings. The number of nitrogens with one attached hydrogen (secondary N) is 1. The van der Waals surface area contributed by atoms with Gasteiger partial charge in [0.1, 0.15) is 5.75 Å². The van der Waals surface area contributed by atoms with Crippen molar-refractivity contribution in [2.45, 2.75) is 40.3 Å². The molecule has 0 amide bonds. The van der Waals surface area contributed by atoms with Crippen molar-refractivity contribution < 1.29 is 4.74 Å². The molecule has 2 rings (SSSR count). The van der Waals surface area contributed by atoms with Crippen LogP contribution in [-0.4, -0.2) is 6.61 Å². The largest absolute Gasteiger partial charge is 0.494 e. The summed E-state index contributed by atoms with van der Waals surface area (Å²) in [6, 6.07) is 15.3. The van der Waals surface area contributed by atoms with Crippen LogP contribution in [0, 0.1) is 13.8 Å². The van der Waals surface area contributed by atoms with Gasteiger partial charge in [-0.25, -0.2) is 0 Å². The molecule has 0 bridgehead atoms. The molecule has 1 unspecified atom stereocenters. The summed E-state index contributed by atoms with van der Waals surface area (Å²) in [4.78, 5) is 0. The Kier molecular flexibility index (Phi) is 5.40. The van der Waals surface area contributed by atoms with E-state index in [0.717, 1.165) is 12.3 Å². The zero-order chi connectivity index (χ0) is 15.2. The number of aryl methyl sites for hydroxylation is 2. The van der Waals surface area contributed by atoms with Crippen LogP contribution in [0.3, 0.4) is 0 Å². The quantitative estimate of drug-likeness (QED) is 0.839. The number of hydrogen-bond acceptors (Lipinski definition) is 2. The highest BCUT2D eigenvalue weighted by Crippen LogP contribution is 2.19. The first-order chi connectivity index (χ1) is 10.1. The summed E-state index contributed by atoms with van der Waals surface area (Å²) in [6.45, 7) is 10.1. The van der Waals surface area contributed by atoms with Crippen LogP contribution in [0.4, 0.5) is 0 Å². The van der Waals surface area contributed by atoms with Gasteiger partial charge >= 0.3 is 0 Å². The topological polar surface area (TPSA) is 21.3 Å². The Morgan fingerprint density at radius 3 is 2.43 bits per heavy atom. The highest BCUT2D eigenvalue weighted by atomic mass is 16.5. The molecule has 2 aromatic carbocycles. The van der Waals surface area contributed by atoms with Crippen molar-refractivity contribution in [2.75, 3.05) is 6.61 Å². The summed E-state index contributed by atoms with van der Waals surface area (Å²) in [7, 11) is 0. The molecule has 1 N–H and O–H groups in total. The van der Waals surface area contributed by atoms with Crippen molar-refractivity contribution in [3.05, 3.63) is 64.7 Å². The highest BCUT2D eigenvalue weighted by Gasteiger charge is 2.06. The summed E-state index contributed by atoms with van der Waals surface area (Å²) < 4.78 is 5.48. The van der Waals surface area contributed by atoms with Crippen LogP contribution in [0.1, 0.15) is 42.1 Å². The fourth-order valence-corrected chi connectivity index (χ4v) is 2.39. The molecular weight excluding hydrogens is 258 g/mol. The first-order valence-corrected chi connectivity index (χ1v) is 7.62. The lowest BCUT2D eigenvalue weighted by Gasteiger charge is -2.16. The Balaban J connectivity index is 1.97. The molecule has 2 aromatic rings. The average Bonchev–Trinajstić information content (AvgIpc) is 2.49. The first-order valence-electron chi connectivity index (χ1n) is 7.62. The molecule has 21 heavy (non-hydrogen) atoms. The van der Waals surface area contributed by atoms with Crippen LogP contribution in [0.25, 0.3) is 0 Å². The maximum absolute atomic E-state index is 5.48. The normalized spacial score (nSPS) is 12.2. The maximum Gasteiger partial charge on any atom is 0.119 e. The lowest BCUT2D eigenvalue weighted by molar-refractivity contribution is 0.340. The summed E-state index contributed by atoms with van der Waals surface area (Å²) in [6.07, 6.45) is 0. The summed E-state index contributed by atoms with van der Waals surface area (Å²) >= 11 is 0. The third-order valence-electron chi connectivity index (χ3n) is 3.79. The Bertz CT molecular complexity index is 575. The van der Waals surface area contributed by atoms with E-state index in [4.69, 9.17) is 4.74 Å². The summed E-state index contributed by atoms with van der Waals surface area (Å²) in [5.41, 5.74) is 5.30. The molecule has 2 heteroatoms. The molecule has 0 spiro atoms. The van der Waals surface area contributed by atoms with Crippen molar-refractivity contribution >= 4 is 0 Å². The molecule has 0 saturated carbocycles. The van der Waals surface area contributed by atoms with E-state index in [1.54, 1.807) is 0 Å². The van der Waals surface area contributed by atoms with Crippen LogP contribution in [0.15, 0.2) is 42.5 Å². The third-order valence-corrected chi connectivity index (χ3v) is 3.79. The van der Waals surface area contributed by atoms with Crippen molar-refractivity contribution in [1.29, 1.82) is 0 Å². The van der Waals surface area contributed by atoms with Gasteiger partial charge in [0, 0.05) is 12.6 Å². The van der Waals surface area contributed by atoms with Crippen molar-refractivity contribution in [3.63, 3.8) is 0 Å². The van der Waals surface area contributed by atoms with E-state index < -0.39 is 0 Å². The molecule has 2 nitrogen and oxygen atoms in total. The van der Waals surface area contributed by atoms with E-state index in [-0.39, 0.29) is 0 Å². The van der Waals surface area contributed by atoms with Gasteiger partial charge in [-0.2, -0.15) is 0 Å². The zero-order valence-electron chi connectivity index (χ0n) is 13.4. The monoisotopic (exact) mass is 283 g/mol. The molecular formula is C19H25NO. The standard InChI is InChI=1S/C19H25NO/c1-5-21-19-10-8-17(9-11-19)16(4)20-13-18-12-14(2)6-7-15(18)3/h6-12,16,20H,5,13H2,1-4H3. The number of ether oxygens (including phenoxy) is 1.